The Bertz CT molecular complexity index is 908. The number of hydrogen-bond donors (Lipinski definition) is 1. The molecule has 1 N–H and O–H groups in total. The van der Waals surface area contributed by atoms with E-state index in [2.05, 4.69) is 15.3 Å². The lowest BCUT2D eigenvalue weighted by molar-refractivity contribution is 0.323. The maximum Gasteiger partial charge on any atom is 0.203 e. The van der Waals surface area contributed by atoms with E-state index in [1.54, 1.807) is 21.3 Å². The molecule has 0 bridgehead atoms. The number of fused-ring (bicyclic) bond motifs is 1. The van der Waals surface area contributed by atoms with Crippen LogP contribution in [0.2, 0.25) is 5.02 Å². The summed E-state index contributed by atoms with van der Waals surface area (Å²) in [7, 11) is 4.78. The summed E-state index contributed by atoms with van der Waals surface area (Å²) >= 11 is 6.05. The number of aromatic nitrogens is 2. The summed E-state index contributed by atoms with van der Waals surface area (Å²) < 4.78 is 16.2. The second-order valence-electron chi connectivity index (χ2n) is 5.71. The van der Waals surface area contributed by atoms with Gasteiger partial charge in [0.15, 0.2) is 11.5 Å². The summed E-state index contributed by atoms with van der Waals surface area (Å²) in [4.78, 5) is 8.64. The van der Waals surface area contributed by atoms with Gasteiger partial charge in [-0.25, -0.2) is 9.97 Å². The van der Waals surface area contributed by atoms with Crippen LogP contribution >= 0.6 is 11.6 Å². The minimum Gasteiger partial charge on any atom is -0.493 e. The Morgan fingerprint density at radius 3 is 2.27 bits per heavy atom. The van der Waals surface area contributed by atoms with E-state index in [0.29, 0.717) is 22.3 Å². The molecule has 2 aromatic carbocycles. The molecule has 1 heterocycles. The number of halogens is 1. The third-order valence-electron chi connectivity index (χ3n) is 4.14. The van der Waals surface area contributed by atoms with E-state index in [0.717, 1.165) is 22.3 Å². The van der Waals surface area contributed by atoms with Gasteiger partial charge in [0.2, 0.25) is 5.75 Å². The van der Waals surface area contributed by atoms with Crippen molar-refractivity contribution in [2.24, 2.45) is 0 Å². The number of benzene rings is 2. The first-order valence-electron chi connectivity index (χ1n) is 8.04. The molecule has 0 saturated carbocycles. The van der Waals surface area contributed by atoms with Crippen LogP contribution in [0.5, 0.6) is 17.2 Å². The number of hydrogen-bond acceptors (Lipinski definition) is 6. The van der Waals surface area contributed by atoms with Crippen molar-refractivity contribution in [3.05, 3.63) is 47.2 Å². The Morgan fingerprint density at radius 1 is 0.962 bits per heavy atom. The Hall–Kier alpha value is -2.73. The molecule has 3 rings (SSSR count). The molecule has 0 fully saturated rings. The highest BCUT2D eigenvalue weighted by Gasteiger charge is 2.17. The Kier molecular flexibility index (Phi) is 5.32. The Labute approximate surface area is 157 Å². The van der Waals surface area contributed by atoms with Crippen molar-refractivity contribution in [2.45, 2.75) is 13.0 Å². The molecule has 0 spiro atoms. The number of nitrogens with one attached hydrogen (secondary N) is 1. The second-order valence-corrected chi connectivity index (χ2v) is 6.14. The molecule has 7 heteroatoms. The lowest BCUT2D eigenvalue weighted by Gasteiger charge is -2.19. The molecular weight excluding hydrogens is 354 g/mol. The van der Waals surface area contributed by atoms with E-state index < -0.39 is 0 Å². The zero-order valence-electron chi connectivity index (χ0n) is 15.0. The summed E-state index contributed by atoms with van der Waals surface area (Å²) in [5, 5.41) is 4.95. The van der Waals surface area contributed by atoms with Gasteiger partial charge in [0.25, 0.3) is 0 Å². The van der Waals surface area contributed by atoms with E-state index in [9.17, 15) is 0 Å². The monoisotopic (exact) mass is 373 g/mol. The van der Waals surface area contributed by atoms with Crippen molar-refractivity contribution < 1.29 is 14.2 Å². The molecule has 1 atom stereocenters. The zero-order chi connectivity index (χ0) is 18.7. The lowest BCUT2D eigenvalue weighted by atomic mass is 10.1. The maximum atomic E-state index is 6.05. The quantitative estimate of drug-likeness (QED) is 0.687. The zero-order valence-corrected chi connectivity index (χ0v) is 15.8. The maximum absolute atomic E-state index is 6.05. The predicted octanol–water partition coefficient (Wildman–Crippen LogP) is 4.48. The highest BCUT2D eigenvalue weighted by atomic mass is 35.5. The summed E-state index contributed by atoms with van der Waals surface area (Å²) in [6, 6.07) is 9.31. The van der Waals surface area contributed by atoms with E-state index in [4.69, 9.17) is 25.8 Å². The number of rotatable bonds is 6. The van der Waals surface area contributed by atoms with Gasteiger partial charge in [-0.15, -0.1) is 0 Å². The lowest BCUT2D eigenvalue weighted by Crippen LogP contribution is -2.09. The number of nitrogens with zero attached hydrogens (tertiary/aromatic N) is 2. The van der Waals surface area contributed by atoms with Gasteiger partial charge >= 0.3 is 0 Å². The van der Waals surface area contributed by atoms with Crippen LogP contribution in [0, 0.1) is 0 Å². The SMILES string of the molecule is COc1cc(C(C)Nc2ncnc3cc(Cl)ccc23)cc(OC)c1OC. The van der Waals surface area contributed by atoms with Crippen molar-refractivity contribution in [1.82, 2.24) is 9.97 Å². The van der Waals surface area contributed by atoms with Crippen LogP contribution in [0.1, 0.15) is 18.5 Å². The molecule has 1 unspecified atom stereocenters. The van der Waals surface area contributed by atoms with Gasteiger partial charge in [0.1, 0.15) is 12.1 Å². The fourth-order valence-electron chi connectivity index (χ4n) is 2.78. The van der Waals surface area contributed by atoms with E-state index >= 15 is 0 Å². The van der Waals surface area contributed by atoms with Crippen LogP contribution in [0.4, 0.5) is 5.82 Å². The first-order valence-corrected chi connectivity index (χ1v) is 8.42. The fourth-order valence-corrected chi connectivity index (χ4v) is 2.95. The molecule has 3 aromatic rings. The molecule has 0 aliphatic carbocycles. The predicted molar refractivity (Wildman–Crippen MR) is 103 cm³/mol. The minimum absolute atomic E-state index is 0.0579. The van der Waals surface area contributed by atoms with E-state index in [1.807, 2.05) is 37.3 Å². The second kappa shape index (κ2) is 7.66. The molecular formula is C19H20ClN3O3. The van der Waals surface area contributed by atoms with Crippen LogP contribution in [-0.2, 0) is 0 Å². The van der Waals surface area contributed by atoms with Gasteiger partial charge in [-0.1, -0.05) is 11.6 Å². The van der Waals surface area contributed by atoms with Crippen molar-refractivity contribution in [3.63, 3.8) is 0 Å². The molecule has 26 heavy (non-hydrogen) atoms. The van der Waals surface area contributed by atoms with Gasteiger partial charge in [-0.3, -0.25) is 0 Å². The molecule has 1 aromatic heterocycles. The van der Waals surface area contributed by atoms with E-state index in [1.165, 1.54) is 6.33 Å². The van der Waals surface area contributed by atoms with Crippen LogP contribution in [0.3, 0.4) is 0 Å². The standard InChI is InChI=1S/C19H20ClN3O3/c1-11(12-7-16(24-2)18(26-4)17(8-12)25-3)23-19-14-6-5-13(20)9-15(14)21-10-22-19/h5-11H,1-4H3,(H,21,22,23). The Morgan fingerprint density at radius 2 is 1.65 bits per heavy atom. The largest absolute Gasteiger partial charge is 0.493 e. The molecule has 0 amide bonds. The topological polar surface area (TPSA) is 65.5 Å². The third-order valence-corrected chi connectivity index (χ3v) is 4.37. The highest BCUT2D eigenvalue weighted by molar-refractivity contribution is 6.31. The molecule has 0 aliphatic heterocycles. The van der Waals surface area contributed by atoms with Gasteiger partial charge < -0.3 is 19.5 Å². The molecule has 0 radical (unpaired) electrons. The average Bonchev–Trinajstić information content (AvgIpc) is 2.66. The van der Waals surface area contributed by atoms with Crippen molar-refractivity contribution in [1.29, 1.82) is 0 Å². The van der Waals surface area contributed by atoms with Crippen LogP contribution < -0.4 is 19.5 Å². The Balaban J connectivity index is 1.97. The highest BCUT2D eigenvalue weighted by Crippen LogP contribution is 2.40. The molecule has 0 aliphatic rings. The number of anilines is 1. The van der Waals surface area contributed by atoms with Gasteiger partial charge in [0.05, 0.1) is 32.9 Å². The molecule has 0 saturated heterocycles. The summed E-state index contributed by atoms with van der Waals surface area (Å²) in [6.45, 7) is 2.03. The molecule has 136 valence electrons. The first kappa shape index (κ1) is 18.1. The van der Waals surface area contributed by atoms with Gasteiger partial charge in [0, 0.05) is 10.4 Å². The molecule has 6 nitrogen and oxygen atoms in total. The summed E-state index contributed by atoms with van der Waals surface area (Å²) in [6.07, 6.45) is 1.52. The van der Waals surface area contributed by atoms with Crippen molar-refractivity contribution >= 4 is 28.3 Å². The smallest absolute Gasteiger partial charge is 0.203 e. The van der Waals surface area contributed by atoms with Gasteiger partial charge in [-0.2, -0.15) is 0 Å². The number of methoxy groups -OCH3 is 3. The third kappa shape index (κ3) is 3.46. The van der Waals surface area contributed by atoms with Crippen molar-refractivity contribution in [3.8, 4) is 17.2 Å². The number of ether oxygens (including phenoxy) is 3. The van der Waals surface area contributed by atoms with Crippen LogP contribution in [0.25, 0.3) is 10.9 Å². The first-order chi connectivity index (χ1) is 12.6. The van der Waals surface area contributed by atoms with Crippen LogP contribution in [-0.4, -0.2) is 31.3 Å². The average molecular weight is 374 g/mol. The van der Waals surface area contributed by atoms with E-state index in [-0.39, 0.29) is 6.04 Å². The fraction of sp³-hybridized carbons (Fsp3) is 0.263. The minimum atomic E-state index is -0.0579. The van der Waals surface area contributed by atoms with Crippen LogP contribution in [0.15, 0.2) is 36.7 Å². The van der Waals surface area contributed by atoms with Gasteiger partial charge in [-0.05, 0) is 42.8 Å². The normalized spacial score (nSPS) is 11.9. The summed E-state index contributed by atoms with van der Waals surface area (Å²) in [5.41, 5.74) is 1.76. The van der Waals surface area contributed by atoms with Crippen molar-refractivity contribution in [2.75, 3.05) is 26.6 Å². The summed E-state index contributed by atoms with van der Waals surface area (Å²) in [5.74, 6) is 2.51.